The van der Waals surface area contributed by atoms with Gasteiger partial charge in [-0.1, -0.05) is 0 Å². The van der Waals surface area contributed by atoms with Crippen molar-refractivity contribution in [2.24, 2.45) is 0 Å². The van der Waals surface area contributed by atoms with Gasteiger partial charge in [-0.2, -0.15) is 0 Å². The molecule has 0 aliphatic heterocycles. The highest BCUT2D eigenvalue weighted by atomic mass is 127. The zero-order valence-electron chi connectivity index (χ0n) is 9.45. The summed E-state index contributed by atoms with van der Waals surface area (Å²) in [4.78, 5) is 8.89. The molecule has 0 aliphatic carbocycles. The number of aliphatic hydroxyl groups excluding tert-OH is 1. The predicted molar refractivity (Wildman–Crippen MR) is 65.3 cm³/mol. The Morgan fingerprint density at radius 3 is 1.86 bits per heavy atom. The monoisotopic (exact) mass is 319 g/mol. The lowest BCUT2D eigenvalue weighted by Gasteiger charge is -2.23. The molecule has 5 heteroatoms. The lowest BCUT2D eigenvalue weighted by Crippen LogP contribution is -2.35. The number of nitrogens with zero attached hydrogens (tertiary/aromatic N) is 1. The van der Waals surface area contributed by atoms with Gasteiger partial charge in [0.15, 0.2) is 0 Å². The quantitative estimate of drug-likeness (QED) is 0.445. The summed E-state index contributed by atoms with van der Waals surface area (Å²) in [5.74, 6) is -1.08. The summed E-state index contributed by atoms with van der Waals surface area (Å²) in [5, 5.41) is 17.3. The maximum absolute atomic E-state index is 8.89. The standard InChI is InChI=1S/C7H18NO.C2H4O2.HI/c1-8(2,3)6-4-5-7-9;1-2(3)4;/h9H,4-7H2,1-3H3;1H3,(H,3,4);1H/q+1;;/p-1. The molecule has 0 aromatic rings. The van der Waals surface area contributed by atoms with Crippen molar-refractivity contribution in [3.63, 3.8) is 0 Å². The molecule has 0 aromatic carbocycles. The first-order chi connectivity index (χ1) is 5.79. The lowest BCUT2D eigenvalue weighted by atomic mass is 10.3. The van der Waals surface area contributed by atoms with Gasteiger partial charge in [0.25, 0.3) is 0 Å². The molecule has 0 saturated heterocycles. The Bertz CT molecular complexity index is 131. The fourth-order valence-corrected chi connectivity index (χ4v) is 0.698. The first kappa shape index (κ1) is 19.7. The normalized spacial score (nSPS) is 9.50. The van der Waals surface area contributed by atoms with E-state index in [4.69, 9.17) is 15.0 Å². The molecule has 0 atom stereocenters. The van der Waals surface area contributed by atoms with E-state index >= 15 is 0 Å². The van der Waals surface area contributed by atoms with Crippen LogP contribution in [0.25, 0.3) is 0 Å². The van der Waals surface area contributed by atoms with Gasteiger partial charge < -0.3 is 19.5 Å². The Hall–Kier alpha value is 0.120. The van der Waals surface area contributed by atoms with Gasteiger partial charge in [0, 0.05) is 12.6 Å². The molecule has 0 fully saturated rings. The second kappa shape index (κ2) is 11.2. The van der Waals surface area contributed by atoms with Crippen molar-refractivity contribution in [1.82, 2.24) is 0 Å². The number of hydrogen-bond donors (Lipinski definition) is 1. The molecule has 0 heterocycles. The average Bonchev–Trinajstić information content (AvgIpc) is 1.83. The molecule has 0 rings (SSSR count). The molecule has 14 heavy (non-hydrogen) atoms. The third kappa shape index (κ3) is 40.0. The van der Waals surface area contributed by atoms with Crippen LogP contribution in [0.5, 0.6) is 0 Å². The SMILES string of the molecule is CC(=O)[O-].C[N+](C)(C)CCCCO.I. The Labute approximate surface area is 104 Å². The number of carboxylic acids is 1. The van der Waals surface area contributed by atoms with Crippen LogP contribution in [-0.4, -0.2) is 49.9 Å². The minimum absolute atomic E-state index is 0. The minimum Gasteiger partial charge on any atom is -0.550 e. The van der Waals surface area contributed by atoms with Gasteiger partial charge in [-0.3, -0.25) is 0 Å². The van der Waals surface area contributed by atoms with Crippen LogP contribution in [0.15, 0.2) is 0 Å². The minimum atomic E-state index is -1.08. The number of aliphatic hydroxyl groups is 1. The third-order valence-electron chi connectivity index (χ3n) is 1.24. The second-order valence-corrected chi connectivity index (χ2v) is 3.94. The van der Waals surface area contributed by atoms with Crippen molar-refractivity contribution in [2.45, 2.75) is 19.8 Å². The number of carboxylic acid groups (broad SMARTS) is 1. The van der Waals surface area contributed by atoms with E-state index in [0.717, 1.165) is 30.8 Å². The number of carbonyl (C=O) groups is 1. The summed E-state index contributed by atoms with van der Waals surface area (Å²) < 4.78 is 1.00. The molecule has 1 N–H and O–H groups in total. The van der Waals surface area contributed by atoms with Crippen LogP contribution >= 0.6 is 24.0 Å². The van der Waals surface area contributed by atoms with Crippen LogP contribution in [0.3, 0.4) is 0 Å². The van der Waals surface area contributed by atoms with Crippen molar-refractivity contribution in [2.75, 3.05) is 34.3 Å². The Morgan fingerprint density at radius 2 is 1.64 bits per heavy atom. The number of rotatable bonds is 4. The number of halogens is 1. The van der Waals surface area contributed by atoms with Gasteiger partial charge in [-0.15, -0.1) is 24.0 Å². The maximum Gasteiger partial charge on any atom is 0.0781 e. The summed E-state index contributed by atoms with van der Waals surface area (Å²) >= 11 is 0. The van der Waals surface area contributed by atoms with Crippen LogP contribution in [0.1, 0.15) is 19.8 Å². The Balaban J connectivity index is -0.000000209. The highest BCUT2D eigenvalue weighted by molar-refractivity contribution is 14.0. The summed E-state index contributed by atoms with van der Waals surface area (Å²) in [7, 11) is 6.49. The molecule has 0 aromatic heterocycles. The third-order valence-corrected chi connectivity index (χ3v) is 1.24. The molecule has 0 aliphatic rings. The predicted octanol–water partition coefficient (Wildman–Crippen LogP) is -0.161. The maximum atomic E-state index is 8.89. The van der Waals surface area contributed by atoms with Gasteiger partial charge in [0.2, 0.25) is 0 Å². The molecule has 0 radical (unpaired) electrons. The van der Waals surface area contributed by atoms with Crippen molar-refractivity contribution in [1.29, 1.82) is 0 Å². The number of aliphatic carboxylic acids is 1. The summed E-state index contributed by atoms with van der Waals surface area (Å²) in [6, 6.07) is 0. The van der Waals surface area contributed by atoms with Gasteiger partial charge in [0.05, 0.1) is 27.7 Å². The average molecular weight is 319 g/mol. The van der Waals surface area contributed by atoms with E-state index in [0.29, 0.717) is 6.61 Å². The lowest BCUT2D eigenvalue weighted by molar-refractivity contribution is -0.870. The van der Waals surface area contributed by atoms with Gasteiger partial charge in [-0.05, 0) is 19.8 Å². The first-order valence-corrected chi connectivity index (χ1v) is 4.38. The van der Waals surface area contributed by atoms with E-state index in [-0.39, 0.29) is 24.0 Å². The van der Waals surface area contributed by atoms with Crippen molar-refractivity contribution in [3.05, 3.63) is 0 Å². The van der Waals surface area contributed by atoms with Gasteiger partial charge in [0.1, 0.15) is 0 Å². The van der Waals surface area contributed by atoms with E-state index in [1.807, 2.05) is 0 Å². The molecule has 0 amide bonds. The van der Waals surface area contributed by atoms with E-state index < -0.39 is 5.97 Å². The van der Waals surface area contributed by atoms with Gasteiger partial charge in [-0.25, -0.2) is 0 Å². The number of carbonyl (C=O) groups excluding carboxylic acids is 1. The van der Waals surface area contributed by atoms with Crippen LogP contribution in [0.2, 0.25) is 0 Å². The van der Waals surface area contributed by atoms with Crippen LogP contribution in [0.4, 0.5) is 0 Å². The first-order valence-electron chi connectivity index (χ1n) is 4.38. The molecule has 88 valence electrons. The second-order valence-electron chi connectivity index (χ2n) is 3.94. The van der Waals surface area contributed by atoms with Crippen molar-refractivity contribution in [3.8, 4) is 0 Å². The molecule has 0 spiro atoms. The fraction of sp³-hybridized carbons (Fsp3) is 0.889. The van der Waals surface area contributed by atoms with E-state index in [1.165, 1.54) is 0 Å². The molecule has 0 bridgehead atoms. The molecule has 4 nitrogen and oxygen atoms in total. The van der Waals surface area contributed by atoms with E-state index in [1.54, 1.807) is 0 Å². The topological polar surface area (TPSA) is 60.4 Å². The van der Waals surface area contributed by atoms with E-state index in [9.17, 15) is 0 Å². The molecule has 0 saturated carbocycles. The molecular formula is C9H22INO3. The molecular weight excluding hydrogens is 297 g/mol. The summed E-state index contributed by atoms with van der Waals surface area (Å²) in [5.41, 5.74) is 0. The van der Waals surface area contributed by atoms with Crippen LogP contribution in [0, 0.1) is 0 Å². The number of unbranched alkanes of at least 4 members (excludes halogenated alkanes) is 1. The fourth-order valence-electron chi connectivity index (χ4n) is 0.698. The highest BCUT2D eigenvalue weighted by Crippen LogP contribution is 1.95. The zero-order valence-corrected chi connectivity index (χ0v) is 11.8. The van der Waals surface area contributed by atoms with Crippen LogP contribution in [-0.2, 0) is 4.79 Å². The van der Waals surface area contributed by atoms with E-state index in [2.05, 4.69) is 21.1 Å². The smallest absolute Gasteiger partial charge is 0.0781 e. The van der Waals surface area contributed by atoms with Gasteiger partial charge >= 0.3 is 0 Å². The zero-order chi connectivity index (χ0) is 10.9. The Kier molecular flexibility index (Phi) is 15.7. The summed E-state index contributed by atoms with van der Waals surface area (Å²) in [6.45, 7) is 2.46. The largest absolute Gasteiger partial charge is 0.550 e. The Morgan fingerprint density at radius 1 is 1.29 bits per heavy atom. The summed E-state index contributed by atoms with van der Waals surface area (Å²) in [6.07, 6.45) is 2.06. The van der Waals surface area contributed by atoms with Crippen molar-refractivity contribution < 1.29 is 19.5 Å². The molecule has 0 unspecified atom stereocenters. The van der Waals surface area contributed by atoms with Crippen LogP contribution < -0.4 is 5.11 Å². The number of quaternary nitrogens is 1. The number of hydrogen-bond acceptors (Lipinski definition) is 3. The highest BCUT2D eigenvalue weighted by Gasteiger charge is 2.04. The van der Waals surface area contributed by atoms with Crippen molar-refractivity contribution >= 4 is 29.9 Å².